The van der Waals surface area contributed by atoms with Gasteiger partial charge in [-0.3, -0.25) is 9.36 Å². The van der Waals surface area contributed by atoms with Gasteiger partial charge in [-0.15, -0.1) is 0 Å². The average molecular weight is 327 g/mol. The van der Waals surface area contributed by atoms with Crippen molar-refractivity contribution < 1.29 is 0 Å². The second-order valence-electron chi connectivity index (χ2n) is 6.06. The van der Waals surface area contributed by atoms with Gasteiger partial charge in [-0.25, -0.2) is 4.79 Å². The number of unbranched alkanes of at least 4 members (excludes halogenated alkanes) is 8. The van der Waals surface area contributed by atoms with E-state index >= 15 is 0 Å². The van der Waals surface area contributed by atoms with Gasteiger partial charge in [0.2, 0.25) is 0 Å². The summed E-state index contributed by atoms with van der Waals surface area (Å²) >= 11 is 4.21. The second kappa shape index (κ2) is 10.7. The summed E-state index contributed by atoms with van der Waals surface area (Å²) < 4.78 is 2.86. The maximum atomic E-state index is 12.0. The molecular weight excluding hydrogens is 296 g/mol. The number of nitrogens with zero attached hydrogens (tertiary/aromatic N) is 2. The van der Waals surface area contributed by atoms with Crippen LogP contribution in [0.15, 0.2) is 15.8 Å². The van der Waals surface area contributed by atoms with E-state index in [-0.39, 0.29) is 11.2 Å². The Kier molecular flexibility index (Phi) is 9.28. The molecular formula is C17H30N2O2S. The number of aryl methyl sites for hydroxylation is 2. The molecule has 0 unspecified atom stereocenters. The summed E-state index contributed by atoms with van der Waals surface area (Å²) in [5.74, 6) is 1.00. The van der Waals surface area contributed by atoms with Gasteiger partial charge in [0.15, 0.2) is 0 Å². The molecule has 0 fully saturated rings. The molecule has 0 radical (unpaired) electrons. The summed E-state index contributed by atoms with van der Waals surface area (Å²) in [6.07, 6.45) is 12.8. The minimum absolute atomic E-state index is 0.195. The predicted octanol–water partition coefficient (Wildman–Crippen LogP) is 3.30. The first kappa shape index (κ1) is 19.1. The lowest BCUT2D eigenvalue weighted by Crippen LogP contribution is -2.38. The van der Waals surface area contributed by atoms with Gasteiger partial charge in [-0.2, -0.15) is 12.6 Å². The molecule has 1 heterocycles. The summed E-state index contributed by atoms with van der Waals surface area (Å²) in [5, 5.41) is 0. The van der Waals surface area contributed by atoms with Crippen LogP contribution in [-0.4, -0.2) is 14.9 Å². The van der Waals surface area contributed by atoms with Crippen molar-refractivity contribution in [3.63, 3.8) is 0 Å². The van der Waals surface area contributed by atoms with Gasteiger partial charge in [0.05, 0.1) is 0 Å². The Morgan fingerprint density at radius 2 is 1.41 bits per heavy atom. The molecule has 0 aliphatic heterocycles. The molecule has 0 aliphatic rings. The lowest BCUT2D eigenvalue weighted by Gasteiger charge is -2.08. The molecule has 1 aromatic rings. The van der Waals surface area contributed by atoms with Crippen molar-refractivity contribution in [2.45, 2.75) is 71.3 Å². The van der Waals surface area contributed by atoms with Crippen LogP contribution in [0.25, 0.3) is 0 Å². The van der Waals surface area contributed by atoms with Crippen molar-refractivity contribution in [1.82, 2.24) is 9.13 Å². The van der Waals surface area contributed by atoms with Gasteiger partial charge in [-0.1, -0.05) is 44.9 Å². The first-order valence-electron chi connectivity index (χ1n) is 8.46. The molecule has 1 rings (SSSR count). The third-order valence-electron chi connectivity index (χ3n) is 4.08. The Morgan fingerprint density at radius 1 is 0.909 bits per heavy atom. The molecule has 4 nitrogen and oxygen atoms in total. The summed E-state index contributed by atoms with van der Waals surface area (Å²) in [5.41, 5.74) is 0.224. The van der Waals surface area contributed by atoms with E-state index in [1.54, 1.807) is 24.7 Å². The Morgan fingerprint density at radius 3 is 1.95 bits per heavy atom. The van der Waals surface area contributed by atoms with Crippen molar-refractivity contribution in [3.05, 3.63) is 32.6 Å². The maximum absolute atomic E-state index is 12.0. The standard InChI is InChI=1S/C17H30N2O2S/c1-15-14-19(17(21)18(2)16(15)20)12-10-8-6-4-3-5-7-9-11-13-22/h14,22H,3-13H2,1-2H3. The minimum atomic E-state index is -0.209. The lowest BCUT2D eigenvalue weighted by atomic mass is 10.1. The van der Waals surface area contributed by atoms with E-state index in [9.17, 15) is 9.59 Å². The van der Waals surface area contributed by atoms with Crippen molar-refractivity contribution in [1.29, 1.82) is 0 Å². The van der Waals surface area contributed by atoms with Crippen molar-refractivity contribution in [2.75, 3.05) is 5.75 Å². The number of thiol groups is 1. The fraction of sp³-hybridized carbons (Fsp3) is 0.765. The molecule has 0 saturated carbocycles. The molecule has 0 bridgehead atoms. The third-order valence-corrected chi connectivity index (χ3v) is 4.40. The van der Waals surface area contributed by atoms with Crippen LogP contribution in [0.2, 0.25) is 0 Å². The highest BCUT2D eigenvalue weighted by atomic mass is 32.1. The first-order chi connectivity index (χ1) is 10.6. The molecule has 0 saturated heterocycles. The molecule has 0 N–H and O–H groups in total. The van der Waals surface area contributed by atoms with Gasteiger partial charge < -0.3 is 4.57 Å². The van der Waals surface area contributed by atoms with Gasteiger partial charge >= 0.3 is 5.69 Å². The highest BCUT2D eigenvalue weighted by Gasteiger charge is 2.04. The quantitative estimate of drug-likeness (QED) is 0.501. The van der Waals surface area contributed by atoms with Crippen molar-refractivity contribution >= 4 is 12.6 Å². The molecule has 0 aromatic carbocycles. The van der Waals surface area contributed by atoms with Crippen LogP contribution in [-0.2, 0) is 13.6 Å². The minimum Gasteiger partial charge on any atom is -0.300 e. The topological polar surface area (TPSA) is 44.0 Å². The van der Waals surface area contributed by atoms with Crippen molar-refractivity contribution in [2.24, 2.45) is 7.05 Å². The summed E-state index contributed by atoms with van der Waals surface area (Å²) in [7, 11) is 1.54. The smallest absolute Gasteiger partial charge is 0.300 e. The van der Waals surface area contributed by atoms with Crippen LogP contribution in [0.4, 0.5) is 0 Å². The number of hydrogen-bond acceptors (Lipinski definition) is 3. The Balaban J connectivity index is 2.18. The number of hydrogen-bond donors (Lipinski definition) is 1. The predicted molar refractivity (Wildman–Crippen MR) is 96.1 cm³/mol. The average Bonchev–Trinajstić information content (AvgIpc) is 2.51. The molecule has 1 aromatic heterocycles. The third kappa shape index (κ3) is 6.42. The van der Waals surface area contributed by atoms with E-state index < -0.39 is 0 Å². The Labute approximate surface area is 139 Å². The monoisotopic (exact) mass is 326 g/mol. The van der Waals surface area contributed by atoms with Crippen LogP contribution >= 0.6 is 12.6 Å². The first-order valence-corrected chi connectivity index (χ1v) is 9.09. The normalized spacial score (nSPS) is 11.0. The van der Waals surface area contributed by atoms with E-state index in [4.69, 9.17) is 0 Å². The summed E-state index contributed by atoms with van der Waals surface area (Å²) in [4.78, 5) is 23.6. The highest BCUT2D eigenvalue weighted by molar-refractivity contribution is 7.80. The SMILES string of the molecule is Cc1cn(CCCCCCCCCCCS)c(=O)n(C)c1=O. The fourth-order valence-corrected chi connectivity index (χ4v) is 2.90. The largest absolute Gasteiger partial charge is 0.330 e. The van der Waals surface area contributed by atoms with E-state index in [2.05, 4.69) is 12.6 Å². The molecule has 0 aliphatic carbocycles. The van der Waals surface area contributed by atoms with E-state index in [0.717, 1.165) is 18.6 Å². The number of rotatable bonds is 11. The Bertz CT molecular complexity index is 549. The van der Waals surface area contributed by atoms with Gasteiger partial charge in [0, 0.05) is 25.4 Å². The lowest BCUT2D eigenvalue weighted by molar-refractivity contribution is 0.517. The van der Waals surface area contributed by atoms with Crippen LogP contribution in [0.3, 0.4) is 0 Å². The van der Waals surface area contributed by atoms with Crippen LogP contribution in [0.1, 0.15) is 63.4 Å². The van der Waals surface area contributed by atoms with Crippen LogP contribution in [0.5, 0.6) is 0 Å². The van der Waals surface area contributed by atoms with Gasteiger partial charge in [-0.05, 0) is 25.5 Å². The molecule has 0 spiro atoms. The van der Waals surface area contributed by atoms with Gasteiger partial charge in [0.25, 0.3) is 5.56 Å². The summed E-state index contributed by atoms with van der Waals surface area (Å²) in [6, 6.07) is 0. The molecule has 22 heavy (non-hydrogen) atoms. The zero-order chi connectivity index (χ0) is 16.4. The molecule has 126 valence electrons. The van der Waals surface area contributed by atoms with Crippen LogP contribution < -0.4 is 11.2 Å². The highest BCUT2D eigenvalue weighted by Crippen LogP contribution is 2.10. The van der Waals surface area contributed by atoms with E-state index in [1.807, 2.05) is 0 Å². The fourth-order valence-electron chi connectivity index (χ4n) is 2.68. The Hall–Kier alpha value is -0.970. The van der Waals surface area contributed by atoms with Crippen molar-refractivity contribution in [3.8, 4) is 0 Å². The molecule has 5 heteroatoms. The summed E-state index contributed by atoms with van der Waals surface area (Å²) in [6.45, 7) is 2.46. The van der Waals surface area contributed by atoms with Gasteiger partial charge in [0.1, 0.15) is 0 Å². The van der Waals surface area contributed by atoms with E-state index in [1.165, 1.54) is 49.5 Å². The molecule has 0 amide bonds. The zero-order valence-corrected chi connectivity index (χ0v) is 14.9. The van der Waals surface area contributed by atoms with Crippen LogP contribution in [0, 0.1) is 6.92 Å². The number of aromatic nitrogens is 2. The molecule has 0 atom stereocenters. The zero-order valence-electron chi connectivity index (χ0n) is 14.0. The van der Waals surface area contributed by atoms with E-state index in [0.29, 0.717) is 12.1 Å². The second-order valence-corrected chi connectivity index (χ2v) is 6.51. The maximum Gasteiger partial charge on any atom is 0.330 e.